The van der Waals surface area contributed by atoms with Crippen LogP contribution in [0.3, 0.4) is 0 Å². The van der Waals surface area contributed by atoms with E-state index in [1.807, 2.05) is 0 Å². The van der Waals surface area contributed by atoms with Gasteiger partial charge in [0.05, 0.1) is 89.2 Å². The van der Waals surface area contributed by atoms with Crippen LogP contribution in [0, 0.1) is 5.41 Å². The molecule has 478 valence electrons. The Morgan fingerprint density at radius 3 is 0.831 bits per heavy atom. The number of nitrogens with two attached hydrogens (primary N) is 6. The summed E-state index contributed by atoms with van der Waals surface area (Å²) >= 11 is 0. The fourth-order valence-corrected chi connectivity index (χ4v) is 5.09. The SMILES string of the molecule is CC(O)CNCC(C)O.CCC(O)(O)CCN.NC(CCCO)(CCCO)C(N)(CCCO)CCCO.NC(CO)(CO)CO.NC(O)(CO)CO.NCC(CO)(CO)CO.OCCCNCCCO.OCCNCCO. The normalized spacial score (nSPS) is 12.4. The molecule has 0 bridgehead atoms. The van der Waals surface area contributed by atoms with Gasteiger partial charge in [-0.05, 0) is 104 Å². The second kappa shape index (κ2) is 64.0. The predicted octanol–water partition coefficient (Wildman–Crippen LogP) is -10.7. The largest absolute Gasteiger partial charge is 0.396 e. The third-order valence-electron chi connectivity index (χ3n) is 10.6. The van der Waals surface area contributed by atoms with Gasteiger partial charge < -0.3 is 152 Å². The third-order valence-corrected chi connectivity index (χ3v) is 10.6. The van der Waals surface area contributed by atoms with Gasteiger partial charge in [-0.2, -0.15) is 0 Å². The van der Waals surface area contributed by atoms with Crippen LogP contribution in [0.4, 0.5) is 0 Å². The molecule has 0 amide bonds. The zero-order valence-corrected chi connectivity index (χ0v) is 47.0. The number of hydrogen-bond acceptors (Lipinski definition) is 30. The number of rotatable bonds is 39. The van der Waals surface area contributed by atoms with E-state index >= 15 is 0 Å². The Morgan fingerprint density at radius 2 is 0.688 bits per heavy atom. The van der Waals surface area contributed by atoms with Gasteiger partial charge in [0.15, 0.2) is 11.5 Å². The molecule has 0 aliphatic heterocycles. The van der Waals surface area contributed by atoms with Crippen LogP contribution in [0.15, 0.2) is 0 Å². The van der Waals surface area contributed by atoms with Crippen molar-refractivity contribution in [3.63, 3.8) is 0 Å². The topological polar surface area (TPSA) is 617 Å². The standard InChI is InChI=1S/C14H32N2O4.2C6H15NO2.C5H13NO3.C5H13NO2.C4H11NO3.C4H11NO2.C3H9NO3/c15-13(5-1-9-17,6-2-10-18)14(16,7-3-11-19)8-4-12-20;1-5(8)3-7-4-6(2)9;8-5-1-3-7-4-2-6-9;6-1-5(2-7,3-8)4-9;1-2-5(7,8)3-4-6;5-4(1-6,2-7)3-8;6-3-1-5-2-4-7;4-3(7,1-5)2-6/h17-20H,1-12,15-16H2;5-9H,3-4H2,1-2H3;7-9H,1-6H2;7-9H,1-4,6H2;7-8H,2-4,6H2,1H3;6-8H,1-3,5H2;5-7H,1-4H2;5-7H,1-2,4H2. The van der Waals surface area contributed by atoms with Gasteiger partial charge in [0.1, 0.15) is 0 Å². The maximum atomic E-state index is 9.05. The first-order valence-electron chi connectivity index (χ1n) is 26.1. The molecule has 0 rings (SSSR count). The van der Waals surface area contributed by atoms with Crippen molar-refractivity contribution < 1.29 is 107 Å². The van der Waals surface area contributed by atoms with Crippen LogP contribution in [0.25, 0.3) is 0 Å². The molecular formula is C47H119N9O21. The Balaban J connectivity index is -0.000000122. The average Bonchev–Trinajstić information content (AvgIpc) is 3.42. The van der Waals surface area contributed by atoms with E-state index in [0.29, 0.717) is 90.5 Å². The number of hydrogen-bond donors (Lipinski definition) is 30. The van der Waals surface area contributed by atoms with E-state index in [-0.39, 0.29) is 97.8 Å². The van der Waals surface area contributed by atoms with Crippen LogP contribution in [-0.4, -0.2) is 306 Å². The number of aliphatic hydroxyl groups is 21. The summed E-state index contributed by atoms with van der Waals surface area (Å²) in [7, 11) is 0. The highest BCUT2D eigenvalue weighted by atomic mass is 16.5. The molecule has 0 aliphatic rings. The van der Waals surface area contributed by atoms with Gasteiger partial charge in [-0.25, -0.2) is 0 Å². The molecule has 0 aromatic carbocycles. The summed E-state index contributed by atoms with van der Waals surface area (Å²) in [5, 5.41) is 188. The highest BCUT2D eigenvalue weighted by Crippen LogP contribution is 2.35. The van der Waals surface area contributed by atoms with E-state index in [9.17, 15) is 0 Å². The minimum atomic E-state index is -1.81. The lowest BCUT2D eigenvalue weighted by molar-refractivity contribution is -0.164. The summed E-state index contributed by atoms with van der Waals surface area (Å²) < 4.78 is 0. The lowest BCUT2D eigenvalue weighted by atomic mass is 9.67. The molecular weight excluding hydrogens is 1030 g/mol. The summed E-state index contributed by atoms with van der Waals surface area (Å²) in [6, 6.07) is 0. The van der Waals surface area contributed by atoms with Crippen molar-refractivity contribution in [2.75, 3.05) is 158 Å². The third kappa shape index (κ3) is 65.5. The maximum Gasteiger partial charge on any atom is 0.163 e. The van der Waals surface area contributed by atoms with Crippen LogP contribution in [0.1, 0.15) is 97.8 Å². The molecule has 36 N–H and O–H groups in total. The second-order valence-electron chi connectivity index (χ2n) is 18.4. The van der Waals surface area contributed by atoms with Crippen molar-refractivity contribution in [3.8, 4) is 0 Å². The maximum absolute atomic E-state index is 9.05. The van der Waals surface area contributed by atoms with Gasteiger partial charge in [-0.3, -0.25) is 5.73 Å². The predicted molar refractivity (Wildman–Crippen MR) is 294 cm³/mol. The summed E-state index contributed by atoms with van der Waals surface area (Å²) in [6.45, 7) is 7.11. The average molecular weight is 1150 g/mol. The molecule has 77 heavy (non-hydrogen) atoms. The number of nitrogens with one attached hydrogen (secondary N) is 3. The first kappa shape index (κ1) is 92.3. The Morgan fingerprint density at radius 1 is 0.390 bits per heavy atom. The minimum Gasteiger partial charge on any atom is -0.396 e. The van der Waals surface area contributed by atoms with Gasteiger partial charge in [-0.15, -0.1) is 0 Å². The molecule has 0 fully saturated rings. The summed E-state index contributed by atoms with van der Waals surface area (Å²) in [5.41, 5.74) is 27.9. The molecule has 0 heterocycles. The lowest BCUT2D eigenvalue weighted by Gasteiger charge is -2.47. The van der Waals surface area contributed by atoms with Crippen molar-refractivity contribution >= 4 is 0 Å². The fourth-order valence-electron chi connectivity index (χ4n) is 5.09. The van der Waals surface area contributed by atoms with Gasteiger partial charge in [0, 0.05) is 89.9 Å². The van der Waals surface area contributed by atoms with Crippen molar-refractivity contribution in [1.82, 2.24) is 16.0 Å². The summed E-state index contributed by atoms with van der Waals surface area (Å²) in [5.74, 6) is -1.53. The van der Waals surface area contributed by atoms with E-state index in [2.05, 4.69) is 16.0 Å². The van der Waals surface area contributed by atoms with Crippen LogP contribution in [0.5, 0.6) is 0 Å². The van der Waals surface area contributed by atoms with Crippen molar-refractivity contribution in [2.24, 2.45) is 39.8 Å². The van der Waals surface area contributed by atoms with E-state index < -0.39 is 66.6 Å². The molecule has 0 aromatic heterocycles. The van der Waals surface area contributed by atoms with Gasteiger partial charge in [0.25, 0.3) is 0 Å². The molecule has 30 heteroatoms. The Hall–Kier alpha value is -1.20. The van der Waals surface area contributed by atoms with Crippen LogP contribution in [0.2, 0.25) is 0 Å². The van der Waals surface area contributed by atoms with E-state index in [1.54, 1.807) is 20.8 Å². The second-order valence-corrected chi connectivity index (χ2v) is 18.4. The Bertz CT molecular complexity index is 1010. The fraction of sp³-hybridized carbons (Fsp3) is 1.00. The summed E-state index contributed by atoms with van der Waals surface area (Å²) in [4.78, 5) is 0. The molecule has 2 atom stereocenters. The van der Waals surface area contributed by atoms with Gasteiger partial charge in [0.2, 0.25) is 0 Å². The van der Waals surface area contributed by atoms with Crippen molar-refractivity contribution in [3.05, 3.63) is 0 Å². The zero-order chi connectivity index (χ0) is 61.7. The van der Waals surface area contributed by atoms with Crippen molar-refractivity contribution in [2.45, 2.75) is 138 Å². The van der Waals surface area contributed by atoms with E-state index in [4.69, 9.17) is 142 Å². The Labute approximate surface area is 458 Å². The molecule has 0 aromatic rings. The molecule has 30 nitrogen and oxygen atoms in total. The number of aliphatic hydroxyl groups excluding tert-OH is 18. The Kier molecular flexibility index (Phi) is 76.7. The highest BCUT2D eigenvalue weighted by molar-refractivity contribution is 5.06. The minimum absolute atomic E-state index is 0.0498. The van der Waals surface area contributed by atoms with Crippen LogP contribution < -0.4 is 50.4 Å². The van der Waals surface area contributed by atoms with E-state index in [1.165, 1.54) is 0 Å². The summed E-state index contributed by atoms with van der Waals surface area (Å²) in [6.07, 6.45) is 6.01. The lowest BCUT2D eigenvalue weighted by Crippen LogP contribution is -2.66. The quantitative estimate of drug-likeness (QED) is 0.0201. The first-order chi connectivity index (χ1) is 36.1. The molecule has 2 unspecified atom stereocenters. The first-order valence-corrected chi connectivity index (χ1v) is 26.1. The van der Waals surface area contributed by atoms with Crippen LogP contribution in [-0.2, 0) is 0 Å². The van der Waals surface area contributed by atoms with Crippen LogP contribution >= 0.6 is 0 Å². The smallest absolute Gasteiger partial charge is 0.163 e. The van der Waals surface area contributed by atoms with Gasteiger partial charge in [-0.1, -0.05) is 6.92 Å². The van der Waals surface area contributed by atoms with Crippen molar-refractivity contribution in [1.29, 1.82) is 0 Å². The molecule has 0 saturated carbocycles. The molecule has 0 aliphatic carbocycles. The molecule has 0 spiro atoms. The monoisotopic (exact) mass is 1150 g/mol. The molecule has 0 saturated heterocycles. The van der Waals surface area contributed by atoms with E-state index in [0.717, 1.165) is 25.9 Å². The molecule has 0 radical (unpaired) electrons. The highest BCUT2D eigenvalue weighted by Gasteiger charge is 2.44. The zero-order valence-electron chi connectivity index (χ0n) is 47.0. The van der Waals surface area contributed by atoms with Gasteiger partial charge >= 0.3 is 0 Å².